The van der Waals surface area contributed by atoms with Gasteiger partial charge in [-0.2, -0.15) is 18.3 Å². The van der Waals surface area contributed by atoms with Gasteiger partial charge >= 0.3 is 6.18 Å². The number of aromatic nitrogens is 2. The van der Waals surface area contributed by atoms with Crippen molar-refractivity contribution < 1.29 is 22.4 Å². The summed E-state index contributed by atoms with van der Waals surface area (Å²) < 4.78 is 54.2. The average Bonchev–Trinajstić information content (AvgIpc) is 2.86. The first-order valence-corrected chi connectivity index (χ1v) is 8.77. The number of nitrogens with two attached hydrogens (primary N) is 1. The van der Waals surface area contributed by atoms with Crippen LogP contribution in [0.5, 0.6) is 0 Å². The predicted octanol–water partition coefficient (Wildman–Crippen LogP) is 4.55. The number of nitrogens with zero attached hydrogens (tertiary/aromatic N) is 2. The molecule has 0 aliphatic heterocycles. The number of carbonyl (C=O) groups is 1. The molecule has 29 heavy (non-hydrogen) atoms. The molecule has 152 valence electrons. The van der Waals surface area contributed by atoms with Gasteiger partial charge in [0, 0.05) is 24.6 Å². The van der Waals surface area contributed by atoms with Crippen LogP contribution in [-0.2, 0) is 19.6 Å². The van der Waals surface area contributed by atoms with E-state index in [1.165, 1.54) is 0 Å². The molecule has 0 radical (unpaired) electrons. The summed E-state index contributed by atoms with van der Waals surface area (Å²) >= 11 is 0. The summed E-state index contributed by atoms with van der Waals surface area (Å²) in [6.45, 7) is 3.57. The molecule has 0 fully saturated rings. The highest BCUT2D eigenvalue weighted by Gasteiger charge is 2.31. The highest BCUT2D eigenvalue weighted by atomic mass is 19.4. The normalized spacial score (nSPS) is 11.7. The van der Waals surface area contributed by atoms with Crippen molar-refractivity contribution in [3.8, 4) is 11.3 Å². The minimum absolute atomic E-state index is 0.0544. The summed E-state index contributed by atoms with van der Waals surface area (Å²) in [5, 5.41) is 4.41. The lowest BCUT2D eigenvalue weighted by atomic mass is 9.98. The molecule has 0 unspecified atom stereocenters. The largest absolute Gasteiger partial charge is 0.416 e. The predicted molar refractivity (Wildman–Crippen MR) is 101 cm³/mol. The SMILES string of the molecule is Cc1cc(-c2c(C)c(Cc3cc(F)cc(C(F)(F)F)c3)nn2C)ccc1C(N)=O. The molecule has 3 aromatic rings. The van der Waals surface area contributed by atoms with Crippen LogP contribution in [0.15, 0.2) is 36.4 Å². The molecule has 0 bridgehead atoms. The highest BCUT2D eigenvalue weighted by Crippen LogP contribution is 2.32. The summed E-state index contributed by atoms with van der Waals surface area (Å²) in [4.78, 5) is 11.4. The van der Waals surface area contributed by atoms with E-state index in [2.05, 4.69) is 5.10 Å². The van der Waals surface area contributed by atoms with E-state index in [4.69, 9.17) is 5.73 Å². The van der Waals surface area contributed by atoms with E-state index in [1.54, 1.807) is 43.8 Å². The van der Waals surface area contributed by atoms with Crippen LogP contribution in [0.3, 0.4) is 0 Å². The van der Waals surface area contributed by atoms with Gasteiger partial charge in [0.25, 0.3) is 0 Å². The van der Waals surface area contributed by atoms with E-state index in [0.29, 0.717) is 22.9 Å². The van der Waals surface area contributed by atoms with Gasteiger partial charge < -0.3 is 5.73 Å². The van der Waals surface area contributed by atoms with E-state index < -0.39 is 23.5 Å². The second-order valence-electron chi connectivity index (χ2n) is 6.96. The molecule has 0 atom stereocenters. The van der Waals surface area contributed by atoms with Crippen molar-refractivity contribution >= 4 is 5.91 Å². The maximum atomic E-state index is 13.7. The van der Waals surface area contributed by atoms with E-state index in [9.17, 15) is 22.4 Å². The molecule has 8 heteroatoms. The van der Waals surface area contributed by atoms with Crippen molar-refractivity contribution in [3.63, 3.8) is 0 Å². The Morgan fingerprint density at radius 3 is 2.41 bits per heavy atom. The van der Waals surface area contributed by atoms with Crippen LogP contribution >= 0.6 is 0 Å². The Bertz CT molecular complexity index is 1100. The van der Waals surface area contributed by atoms with Gasteiger partial charge in [0.15, 0.2) is 0 Å². The monoisotopic (exact) mass is 405 g/mol. The third-order valence-electron chi connectivity index (χ3n) is 4.80. The zero-order chi connectivity index (χ0) is 21.5. The van der Waals surface area contributed by atoms with Gasteiger partial charge in [-0.3, -0.25) is 9.48 Å². The first-order chi connectivity index (χ1) is 13.5. The summed E-state index contributed by atoms with van der Waals surface area (Å²) in [6, 6.07) is 7.66. The molecule has 1 aromatic heterocycles. The highest BCUT2D eigenvalue weighted by molar-refractivity contribution is 5.94. The lowest BCUT2D eigenvalue weighted by molar-refractivity contribution is -0.137. The van der Waals surface area contributed by atoms with Gasteiger partial charge in [0.1, 0.15) is 5.82 Å². The standard InChI is InChI=1S/C21H19F4N3O/c1-11-6-14(4-5-17(11)20(26)29)19-12(2)18(27-28(19)3)9-13-7-15(21(23,24)25)10-16(22)8-13/h4-8,10H,9H2,1-3H3,(H2,26,29). The maximum Gasteiger partial charge on any atom is 0.416 e. The van der Waals surface area contributed by atoms with Crippen LogP contribution in [0.2, 0.25) is 0 Å². The molecule has 0 aliphatic carbocycles. The molecule has 1 amide bonds. The fourth-order valence-electron chi connectivity index (χ4n) is 3.45. The van der Waals surface area contributed by atoms with Crippen molar-refractivity contribution in [2.75, 3.05) is 0 Å². The average molecular weight is 405 g/mol. The second kappa shape index (κ2) is 7.35. The number of halogens is 4. The smallest absolute Gasteiger partial charge is 0.366 e. The third kappa shape index (κ3) is 4.16. The maximum absolute atomic E-state index is 13.7. The van der Waals surface area contributed by atoms with Crippen LogP contribution in [0, 0.1) is 19.7 Å². The number of hydrogen-bond donors (Lipinski definition) is 1. The first-order valence-electron chi connectivity index (χ1n) is 8.77. The van der Waals surface area contributed by atoms with Crippen molar-refractivity contribution in [2.24, 2.45) is 12.8 Å². The van der Waals surface area contributed by atoms with E-state index in [1.807, 2.05) is 0 Å². The minimum atomic E-state index is -4.62. The summed E-state index contributed by atoms with van der Waals surface area (Å²) in [7, 11) is 1.72. The van der Waals surface area contributed by atoms with Crippen LogP contribution in [0.25, 0.3) is 11.3 Å². The Morgan fingerprint density at radius 2 is 1.83 bits per heavy atom. The molecular formula is C21H19F4N3O. The summed E-state index contributed by atoms with van der Waals surface area (Å²) in [5.41, 5.74) is 8.46. The van der Waals surface area contributed by atoms with E-state index >= 15 is 0 Å². The zero-order valence-corrected chi connectivity index (χ0v) is 16.1. The van der Waals surface area contributed by atoms with Crippen molar-refractivity contribution in [1.82, 2.24) is 9.78 Å². The Hall–Kier alpha value is -3.16. The van der Waals surface area contributed by atoms with Crippen molar-refractivity contribution in [1.29, 1.82) is 0 Å². The van der Waals surface area contributed by atoms with Crippen LogP contribution < -0.4 is 5.73 Å². The Balaban J connectivity index is 2.00. The minimum Gasteiger partial charge on any atom is -0.366 e. The van der Waals surface area contributed by atoms with Crippen LogP contribution in [0.1, 0.15) is 38.3 Å². The Morgan fingerprint density at radius 1 is 1.14 bits per heavy atom. The number of carbonyl (C=O) groups excluding carboxylic acids is 1. The number of aryl methyl sites for hydroxylation is 2. The van der Waals surface area contributed by atoms with Gasteiger partial charge in [-0.05, 0) is 60.9 Å². The van der Waals surface area contributed by atoms with Crippen molar-refractivity contribution in [3.05, 3.63) is 75.7 Å². The molecule has 3 rings (SSSR count). The van der Waals surface area contributed by atoms with E-state index in [-0.39, 0.29) is 12.0 Å². The molecule has 0 spiro atoms. The van der Waals surface area contributed by atoms with Gasteiger partial charge in [-0.15, -0.1) is 0 Å². The van der Waals surface area contributed by atoms with Gasteiger partial charge in [0.05, 0.1) is 17.0 Å². The number of benzene rings is 2. The number of amides is 1. The molecule has 0 saturated carbocycles. The van der Waals surface area contributed by atoms with Crippen molar-refractivity contribution in [2.45, 2.75) is 26.4 Å². The molecule has 1 heterocycles. The third-order valence-corrected chi connectivity index (χ3v) is 4.80. The fourth-order valence-corrected chi connectivity index (χ4v) is 3.45. The molecule has 0 saturated heterocycles. The zero-order valence-electron chi connectivity index (χ0n) is 16.1. The second-order valence-corrected chi connectivity index (χ2v) is 6.96. The van der Waals surface area contributed by atoms with E-state index in [0.717, 1.165) is 29.0 Å². The fraction of sp³-hybridized carbons (Fsp3) is 0.238. The first kappa shape index (κ1) is 20.6. The van der Waals surface area contributed by atoms with Gasteiger partial charge in [0.2, 0.25) is 5.91 Å². The number of hydrogen-bond acceptors (Lipinski definition) is 2. The van der Waals surface area contributed by atoms with Crippen LogP contribution in [-0.4, -0.2) is 15.7 Å². The number of primary amides is 1. The topological polar surface area (TPSA) is 60.9 Å². The summed E-state index contributed by atoms with van der Waals surface area (Å²) in [5.74, 6) is -1.47. The summed E-state index contributed by atoms with van der Waals surface area (Å²) in [6.07, 6.45) is -4.57. The van der Waals surface area contributed by atoms with Gasteiger partial charge in [-0.1, -0.05) is 6.07 Å². The molecule has 0 aliphatic rings. The quantitative estimate of drug-likeness (QED) is 0.648. The molecule has 2 aromatic carbocycles. The lowest BCUT2D eigenvalue weighted by Gasteiger charge is -2.09. The molecule has 4 nitrogen and oxygen atoms in total. The van der Waals surface area contributed by atoms with Gasteiger partial charge in [-0.25, -0.2) is 4.39 Å². The molecule has 2 N–H and O–H groups in total. The molecular weight excluding hydrogens is 386 g/mol. The number of alkyl halides is 3. The van der Waals surface area contributed by atoms with Crippen LogP contribution in [0.4, 0.5) is 17.6 Å². The lowest BCUT2D eigenvalue weighted by Crippen LogP contribution is -2.12. The Kier molecular flexibility index (Phi) is 5.21. The Labute approximate surface area is 165 Å². The number of rotatable bonds is 4.